The van der Waals surface area contributed by atoms with Crippen molar-refractivity contribution < 1.29 is 0 Å². The number of halogens is 1. The first kappa shape index (κ1) is 18.0. The minimum Gasteiger partial charge on any atom is -0.267 e. The maximum absolute atomic E-state index is 13.3. The molecule has 0 saturated heterocycles. The Morgan fingerprint density at radius 3 is 2.24 bits per heavy atom. The second-order valence-electron chi connectivity index (χ2n) is 6.63. The van der Waals surface area contributed by atoms with Gasteiger partial charge in [-0.15, -0.1) is 0 Å². The molecule has 0 unspecified atom stereocenters. The lowest BCUT2D eigenvalue weighted by Gasteiger charge is -2.04. The normalized spacial score (nSPS) is 12.0. The van der Waals surface area contributed by atoms with E-state index in [9.17, 15) is 4.79 Å². The highest BCUT2D eigenvalue weighted by atomic mass is 79.9. The zero-order valence-electron chi connectivity index (χ0n) is 15.2. The Bertz CT molecular complexity index is 1420. The highest BCUT2D eigenvalue weighted by molar-refractivity contribution is 9.10. The summed E-state index contributed by atoms with van der Waals surface area (Å²) in [7, 11) is 0. The van der Waals surface area contributed by atoms with Crippen LogP contribution in [0.15, 0.2) is 94.2 Å². The van der Waals surface area contributed by atoms with Crippen molar-refractivity contribution in [2.75, 3.05) is 0 Å². The quantitative estimate of drug-likeness (QED) is 0.362. The van der Waals surface area contributed by atoms with Crippen LogP contribution in [0.25, 0.3) is 33.6 Å². The summed E-state index contributed by atoms with van der Waals surface area (Å²) in [5.41, 5.74) is 4.57. The maximum Gasteiger partial charge on any atom is 0.274 e. The topological polar surface area (TPSA) is 34.4 Å². The minimum absolute atomic E-state index is 0.0430. The predicted molar refractivity (Wildman–Crippen MR) is 123 cm³/mol. The number of nitrogens with zero attached hydrogens (tertiary/aromatic N) is 2. The zero-order valence-corrected chi connectivity index (χ0v) is 17.7. The Hall–Kier alpha value is -3.02. The number of benzene rings is 3. The number of thiazole rings is 1. The molecule has 3 nitrogen and oxygen atoms in total. The van der Waals surface area contributed by atoms with Gasteiger partial charge in [0.05, 0.1) is 15.9 Å². The van der Waals surface area contributed by atoms with E-state index in [2.05, 4.69) is 15.9 Å². The molecule has 2 heterocycles. The Morgan fingerprint density at radius 1 is 0.862 bits per heavy atom. The van der Waals surface area contributed by atoms with Gasteiger partial charge in [-0.1, -0.05) is 100 Å². The van der Waals surface area contributed by atoms with Crippen LogP contribution in [0.5, 0.6) is 0 Å². The maximum atomic E-state index is 13.3. The van der Waals surface area contributed by atoms with Crippen molar-refractivity contribution in [1.82, 2.24) is 9.38 Å². The Labute approximate surface area is 179 Å². The van der Waals surface area contributed by atoms with Gasteiger partial charge in [-0.05, 0) is 23.8 Å². The van der Waals surface area contributed by atoms with Crippen molar-refractivity contribution in [3.8, 4) is 22.5 Å². The molecule has 3 aromatic carbocycles. The molecule has 0 atom stereocenters. The van der Waals surface area contributed by atoms with Gasteiger partial charge in [0.25, 0.3) is 5.56 Å². The van der Waals surface area contributed by atoms with Crippen molar-refractivity contribution in [1.29, 1.82) is 0 Å². The van der Waals surface area contributed by atoms with E-state index >= 15 is 0 Å². The first-order valence-corrected chi connectivity index (χ1v) is 10.7. The third kappa shape index (κ3) is 3.33. The summed E-state index contributed by atoms with van der Waals surface area (Å²) in [6.45, 7) is 0. The van der Waals surface area contributed by atoms with E-state index in [4.69, 9.17) is 4.98 Å². The third-order valence-electron chi connectivity index (χ3n) is 4.70. The summed E-state index contributed by atoms with van der Waals surface area (Å²) in [5.74, 6) is 0. The van der Waals surface area contributed by atoms with Crippen LogP contribution in [-0.4, -0.2) is 9.38 Å². The van der Waals surface area contributed by atoms with Gasteiger partial charge in [-0.25, -0.2) is 9.38 Å². The highest BCUT2D eigenvalue weighted by Gasteiger charge is 2.19. The number of imidazole rings is 1. The average Bonchev–Trinajstić information content (AvgIpc) is 3.26. The number of rotatable bonds is 3. The number of hydrogen-bond donors (Lipinski definition) is 0. The number of hydrogen-bond acceptors (Lipinski definition) is 3. The summed E-state index contributed by atoms with van der Waals surface area (Å²) in [4.78, 5) is 18.9. The van der Waals surface area contributed by atoms with E-state index in [1.54, 1.807) is 4.40 Å². The lowest BCUT2D eigenvalue weighted by atomic mass is 10.1. The molecule has 0 bridgehead atoms. The lowest BCUT2D eigenvalue weighted by molar-refractivity contribution is 1.15. The van der Waals surface area contributed by atoms with Crippen molar-refractivity contribution in [3.05, 3.63) is 110 Å². The molecule has 140 valence electrons. The molecule has 0 fully saturated rings. The third-order valence-corrected chi connectivity index (χ3v) is 6.16. The molecule has 0 aliphatic carbocycles. The molecule has 2 aromatic heterocycles. The van der Waals surface area contributed by atoms with Crippen LogP contribution in [0.3, 0.4) is 0 Å². The zero-order chi connectivity index (χ0) is 19.8. The van der Waals surface area contributed by atoms with Crippen LogP contribution < -0.4 is 10.1 Å². The van der Waals surface area contributed by atoms with Gasteiger partial charge in [0.1, 0.15) is 0 Å². The standard InChI is InChI=1S/C24H15BrN2OS/c25-19-13-7-8-16(14-19)15-20-23(28)27-22(18-11-5-2-6-12-18)21(26-24(27)29-20)17-9-3-1-4-10-17/h1-15H/b20-15-. The van der Waals surface area contributed by atoms with Crippen LogP contribution in [0.2, 0.25) is 0 Å². The van der Waals surface area contributed by atoms with E-state index < -0.39 is 0 Å². The van der Waals surface area contributed by atoms with Gasteiger partial charge in [0.2, 0.25) is 0 Å². The fraction of sp³-hybridized carbons (Fsp3) is 0. The SMILES string of the molecule is O=c1/c(=C/c2cccc(Br)c2)sc2nc(-c3ccccc3)c(-c3ccccc3)n12. The molecule has 0 aliphatic heterocycles. The highest BCUT2D eigenvalue weighted by Crippen LogP contribution is 2.32. The second kappa shape index (κ2) is 7.43. The van der Waals surface area contributed by atoms with Crippen LogP contribution in [0.4, 0.5) is 0 Å². The molecular formula is C24H15BrN2OS. The van der Waals surface area contributed by atoms with Crippen molar-refractivity contribution >= 4 is 38.3 Å². The van der Waals surface area contributed by atoms with E-state index in [-0.39, 0.29) is 5.56 Å². The van der Waals surface area contributed by atoms with E-state index in [0.29, 0.717) is 9.49 Å². The minimum atomic E-state index is -0.0430. The molecular weight excluding hydrogens is 444 g/mol. The van der Waals surface area contributed by atoms with Crippen molar-refractivity contribution in [2.24, 2.45) is 0 Å². The molecule has 0 radical (unpaired) electrons. The van der Waals surface area contributed by atoms with Crippen molar-refractivity contribution in [2.45, 2.75) is 0 Å². The van der Waals surface area contributed by atoms with Crippen LogP contribution in [0.1, 0.15) is 5.56 Å². The second-order valence-corrected chi connectivity index (χ2v) is 8.55. The average molecular weight is 459 g/mol. The van der Waals surface area contributed by atoms with Gasteiger partial charge < -0.3 is 0 Å². The lowest BCUT2D eigenvalue weighted by Crippen LogP contribution is -2.23. The first-order valence-electron chi connectivity index (χ1n) is 9.14. The molecule has 0 saturated carbocycles. The van der Waals surface area contributed by atoms with Gasteiger partial charge in [-0.2, -0.15) is 0 Å². The summed E-state index contributed by atoms with van der Waals surface area (Å²) in [6, 6.07) is 27.9. The van der Waals surface area contributed by atoms with Gasteiger partial charge in [-0.3, -0.25) is 4.79 Å². The molecule has 0 amide bonds. The number of fused-ring (bicyclic) bond motifs is 1. The van der Waals surface area contributed by atoms with Gasteiger partial charge in [0, 0.05) is 15.6 Å². The summed E-state index contributed by atoms with van der Waals surface area (Å²) < 4.78 is 3.39. The van der Waals surface area contributed by atoms with E-state index in [0.717, 1.165) is 32.6 Å². The molecule has 0 aliphatic rings. The molecule has 0 spiro atoms. The Morgan fingerprint density at radius 2 is 1.55 bits per heavy atom. The fourth-order valence-electron chi connectivity index (χ4n) is 3.41. The summed E-state index contributed by atoms with van der Waals surface area (Å²) >= 11 is 4.90. The summed E-state index contributed by atoms with van der Waals surface area (Å²) in [5, 5.41) is 0. The fourth-order valence-corrected chi connectivity index (χ4v) is 4.80. The first-order chi connectivity index (χ1) is 14.2. The predicted octanol–water partition coefficient (Wildman–Crippen LogP) is 5.40. The molecule has 5 aromatic rings. The Kier molecular flexibility index (Phi) is 4.62. The Balaban J connectivity index is 1.81. The van der Waals surface area contributed by atoms with Crippen LogP contribution in [-0.2, 0) is 0 Å². The smallest absolute Gasteiger partial charge is 0.267 e. The van der Waals surface area contributed by atoms with Crippen molar-refractivity contribution in [3.63, 3.8) is 0 Å². The molecule has 5 rings (SSSR count). The monoisotopic (exact) mass is 458 g/mol. The van der Waals surface area contributed by atoms with Crippen LogP contribution in [0, 0.1) is 0 Å². The van der Waals surface area contributed by atoms with E-state index in [1.165, 1.54) is 11.3 Å². The molecule has 0 N–H and O–H groups in total. The van der Waals surface area contributed by atoms with Gasteiger partial charge >= 0.3 is 0 Å². The molecule has 5 heteroatoms. The largest absolute Gasteiger partial charge is 0.274 e. The van der Waals surface area contributed by atoms with Gasteiger partial charge in [0.15, 0.2) is 4.96 Å². The van der Waals surface area contributed by atoms with Crippen LogP contribution >= 0.6 is 27.3 Å². The number of aromatic nitrogens is 2. The summed E-state index contributed by atoms with van der Waals surface area (Å²) in [6.07, 6.45) is 1.92. The van der Waals surface area contributed by atoms with E-state index in [1.807, 2.05) is 91.0 Å². The molecule has 29 heavy (non-hydrogen) atoms.